The van der Waals surface area contributed by atoms with Gasteiger partial charge in [0, 0.05) is 17.1 Å². The van der Waals surface area contributed by atoms with E-state index in [1.165, 1.54) is 0 Å². The molecule has 19 heavy (non-hydrogen) atoms. The zero-order valence-corrected chi connectivity index (χ0v) is 11.9. The van der Waals surface area contributed by atoms with Crippen LogP contribution in [0.2, 0.25) is 5.02 Å². The molecule has 0 amide bonds. The van der Waals surface area contributed by atoms with Crippen molar-refractivity contribution in [3.8, 4) is 16.9 Å². The maximum atomic E-state index is 6.30. The normalized spacial score (nSPS) is 10.8. The van der Waals surface area contributed by atoms with Crippen LogP contribution in [0, 0.1) is 0 Å². The van der Waals surface area contributed by atoms with Gasteiger partial charge in [-0.2, -0.15) is 0 Å². The maximum Gasteiger partial charge on any atom is 0.120 e. The van der Waals surface area contributed by atoms with Crippen molar-refractivity contribution >= 4 is 11.6 Å². The molecule has 0 radical (unpaired) electrons. The lowest BCUT2D eigenvalue weighted by atomic mass is 10.0. The molecule has 0 atom stereocenters. The van der Waals surface area contributed by atoms with Crippen LogP contribution in [-0.2, 0) is 6.54 Å². The Hall–Kier alpha value is -1.51. The van der Waals surface area contributed by atoms with Crippen LogP contribution in [0.4, 0.5) is 0 Å². The van der Waals surface area contributed by atoms with E-state index < -0.39 is 0 Å². The molecule has 100 valence electrons. The quantitative estimate of drug-likeness (QED) is 0.905. The predicted octanol–water partition coefficient (Wildman–Crippen LogP) is 4.25. The summed E-state index contributed by atoms with van der Waals surface area (Å²) in [7, 11) is 0. The molecule has 2 rings (SSSR count). The van der Waals surface area contributed by atoms with Gasteiger partial charge in [0.15, 0.2) is 0 Å². The van der Waals surface area contributed by atoms with Crippen molar-refractivity contribution in [2.75, 3.05) is 0 Å². The minimum atomic E-state index is 0.158. The second-order valence-electron chi connectivity index (χ2n) is 4.71. The molecule has 2 aromatic carbocycles. The molecule has 0 aliphatic heterocycles. The Kier molecular flexibility index (Phi) is 4.46. The molecular weight excluding hydrogens is 258 g/mol. The number of nitrogens with two attached hydrogens (primary N) is 1. The van der Waals surface area contributed by atoms with Gasteiger partial charge >= 0.3 is 0 Å². The fourth-order valence-electron chi connectivity index (χ4n) is 1.93. The number of ether oxygens (including phenoxy) is 1. The average Bonchev–Trinajstić information content (AvgIpc) is 2.38. The van der Waals surface area contributed by atoms with Gasteiger partial charge in [0.2, 0.25) is 0 Å². The minimum Gasteiger partial charge on any atom is -0.491 e. The summed E-state index contributed by atoms with van der Waals surface area (Å²) in [6.45, 7) is 4.52. The van der Waals surface area contributed by atoms with Crippen LogP contribution in [0.5, 0.6) is 5.75 Å². The van der Waals surface area contributed by atoms with Gasteiger partial charge in [0.05, 0.1) is 6.10 Å². The summed E-state index contributed by atoms with van der Waals surface area (Å²) in [5, 5.41) is 0.713. The van der Waals surface area contributed by atoms with Gasteiger partial charge in [-0.15, -0.1) is 0 Å². The minimum absolute atomic E-state index is 0.158. The van der Waals surface area contributed by atoms with Crippen molar-refractivity contribution in [1.29, 1.82) is 0 Å². The number of hydrogen-bond donors (Lipinski definition) is 1. The molecule has 0 aromatic heterocycles. The maximum absolute atomic E-state index is 6.30. The van der Waals surface area contributed by atoms with Crippen molar-refractivity contribution in [2.45, 2.75) is 26.5 Å². The van der Waals surface area contributed by atoms with Crippen molar-refractivity contribution in [2.24, 2.45) is 5.73 Å². The number of rotatable bonds is 4. The third-order valence-electron chi connectivity index (χ3n) is 2.79. The molecule has 0 spiro atoms. The molecule has 0 aliphatic rings. The fourth-order valence-corrected chi connectivity index (χ4v) is 2.24. The van der Waals surface area contributed by atoms with Gasteiger partial charge in [-0.3, -0.25) is 0 Å². The van der Waals surface area contributed by atoms with Crippen LogP contribution in [0.1, 0.15) is 19.4 Å². The lowest BCUT2D eigenvalue weighted by molar-refractivity contribution is 0.242. The van der Waals surface area contributed by atoms with E-state index in [2.05, 4.69) is 0 Å². The molecule has 3 heteroatoms. The monoisotopic (exact) mass is 275 g/mol. The average molecular weight is 276 g/mol. The molecule has 0 unspecified atom stereocenters. The van der Waals surface area contributed by atoms with E-state index >= 15 is 0 Å². The lowest BCUT2D eigenvalue weighted by Crippen LogP contribution is -2.05. The van der Waals surface area contributed by atoms with Gasteiger partial charge < -0.3 is 10.5 Å². The van der Waals surface area contributed by atoms with Crippen molar-refractivity contribution in [3.05, 3.63) is 53.1 Å². The van der Waals surface area contributed by atoms with Crippen molar-refractivity contribution in [1.82, 2.24) is 0 Å². The van der Waals surface area contributed by atoms with E-state index in [0.717, 1.165) is 22.4 Å². The van der Waals surface area contributed by atoms with Crippen LogP contribution in [-0.4, -0.2) is 6.10 Å². The number of hydrogen-bond acceptors (Lipinski definition) is 2. The third kappa shape index (κ3) is 3.49. The van der Waals surface area contributed by atoms with E-state index in [1.54, 1.807) is 0 Å². The highest BCUT2D eigenvalue weighted by Gasteiger charge is 2.06. The number of halogens is 1. The summed E-state index contributed by atoms with van der Waals surface area (Å²) in [6.07, 6.45) is 0.158. The summed E-state index contributed by atoms with van der Waals surface area (Å²) in [4.78, 5) is 0. The Labute approximate surface area is 119 Å². The standard InChI is InChI=1S/C16H18ClNO/c1-11(2)19-14-5-3-4-13(9-14)15-7-6-12(10-18)8-16(15)17/h3-9,11H,10,18H2,1-2H3. The largest absolute Gasteiger partial charge is 0.491 e. The highest BCUT2D eigenvalue weighted by atomic mass is 35.5. The summed E-state index contributed by atoms with van der Waals surface area (Å²) in [6, 6.07) is 13.9. The molecule has 2 N–H and O–H groups in total. The van der Waals surface area contributed by atoms with E-state index in [1.807, 2.05) is 56.3 Å². The molecular formula is C16H18ClNO. The molecule has 0 saturated carbocycles. The summed E-state index contributed by atoms with van der Waals surface area (Å²) in [5.74, 6) is 0.853. The van der Waals surface area contributed by atoms with Gasteiger partial charge in [-0.1, -0.05) is 35.9 Å². The summed E-state index contributed by atoms with van der Waals surface area (Å²) >= 11 is 6.30. The Bertz CT molecular complexity index is 566. The molecule has 0 fully saturated rings. The SMILES string of the molecule is CC(C)Oc1cccc(-c2ccc(CN)cc2Cl)c1. The Morgan fingerprint density at radius 2 is 1.95 bits per heavy atom. The molecule has 0 aliphatic carbocycles. The summed E-state index contributed by atoms with van der Waals surface area (Å²) < 4.78 is 5.70. The molecule has 2 nitrogen and oxygen atoms in total. The fraction of sp³-hybridized carbons (Fsp3) is 0.250. The number of benzene rings is 2. The zero-order valence-electron chi connectivity index (χ0n) is 11.2. The van der Waals surface area contributed by atoms with Crippen LogP contribution < -0.4 is 10.5 Å². The first-order valence-corrected chi connectivity index (χ1v) is 6.73. The van der Waals surface area contributed by atoms with Crippen LogP contribution in [0.15, 0.2) is 42.5 Å². The van der Waals surface area contributed by atoms with Crippen molar-refractivity contribution in [3.63, 3.8) is 0 Å². The van der Waals surface area contributed by atoms with Gasteiger partial charge in [0.25, 0.3) is 0 Å². The Balaban J connectivity index is 2.36. The first-order valence-electron chi connectivity index (χ1n) is 6.35. The Morgan fingerprint density at radius 1 is 1.16 bits per heavy atom. The van der Waals surface area contributed by atoms with E-state index in [4.69, 9.17) is 22.1 Å². The second kappa shape index (κ2) is 6.09. The van der Waals surface area contributed by atoms with E-state index in [-0.39, 0.29) is 6.10 Å². The topological polar surface area (TPSA) is 35.2 Å². The first-order chi connectivity index (χ1) is 9.10. The van der Waals surface area contributed by atoms with Crippen LogP contribution >= 0.6 is 11.6 Å². The highest BCUT2D eigenvalue weighted by Crippen LogP contribution is 2.31. The predicted molar refractivity (Wildman–Crippen MR) is 80.5 cm³/mol. The van der Waals surface area contributed by atoms with Gasteiger partial charge in [-0.05, 0) is 43.2 Å². The van der Waals surface area contributed by atoms with E-state index in [9.17, 15) is 0 Å². The molecule has 0 heterocycles. The lowest BCUT2D eigenvalue weighted by Gasteiger charge is -2.12. The van der Waals surface area contributed by atoms with Gasteiger partial charge in [-0.25, -0.2) is 0 Å². The zero-order chi connectivity index (χ0) is 13.8. The Morgan fingerprint density at radius 3 is 2.58 bits per heavy atom. The third-order valence-corrected chi connectivity index (χ3v) is 3.10. The molecule has 0 saturated heterocycles. The van der Waals surface area contributed by atoms with E-state index in [0.29, 0.717) is 11.6 Å². The first kappa shape index (κ1) is 13.9. The van der Waals surface area contributed by atoms with Crippen LogP contribution in [0.3, 0.4) is 0 Å². The molecule has 2 aromatic rings. The second-order valence-corrected chi connectivity index (χ2v) is 5.12. The van der Waals surface area contributed by atoms with Gasteiger partial charge in [0.1, 0.15) is 5.75 Å². The smallest absolute Gasteiger partial charge is 0.120 e. The van der Waals surface area contributed by atoms with Crippen molar-refractivity contribution < 1.29 is 4.74 Å². The summed E-state index contributed by atoms with van der Waals surface area (Å²) in [5.41, 5.74) is 8.68. The van der Waals surface area contributed by atoms with Crippen LogP contribution in [0.25, 0.3) is 11.1 Å². The highest BCUT2D eigenvalue weighted by molar-refractivity contribution is 6.33. The molecule has 0 bridgehead atoms.